The molecule has 0 spiro atoms. The molecule has 2 aromatic carbocycles. The first kappa shape index (κ1) is 19.4. The highest BCUT2D eigenvalue weighted by molar-refractivity contribution is 6.35. The SMILES string of the molecule is CC(=O)Nc1ccc(N2C(=O)C[C@H](NCc3ccc(Cl)cc3Cl)C2=O)cc1. The zero-order valence-corrected chi connectivity index (χ0v) is 16.0. The summed E-state index contributed by atoms with van der Waals surface area (Å²) in [6, 6.07) is 11.0. The van der Waals surface area contributed by atoms with Crippen molar-refractivity contribution in [3.8, 4) is 0 Å². The molecule has 2 N–H and O–H groups in total. The van der Waals surface area contributed by atoms with Crippen LogP contribution in [0.3, 0.4) is 0 Å². The molecule has 27 heavy (non-hydrogen) atoms. The molecule has 3 amide bonds. The van der Waals surface area contributed by atoms with Gasteiger partial charge in [-0.3, -0.25) is 14.4 Å². The second-order valence-electron chi connectivity index (χ2n) is 6.17. The summed E-state index contributed by atoms with van der Waals surface area (Å²) in [5, 5.41) is 6.75. The Labute approximate surface area is 166 Å². The van der Waals surface area contributed by atoms with Crippen molar-refractivity contribution < 1.29 is 14.4 Å². The van der Waals surface area contributed by atoms with Crippen molar-refractivity contribution in [2.24, 2.45) is 0 Å². The molecule has 140 valence electrons. The number of imide groups is 1. The molecule has 6 nitrogen and oxygen atoms in total. The number of carbonyl (C=O) groups excluding carboxylic acids is 3. The van der Waals surface area contributed by atoms with E-state index in [1.54, 1.807) is 42.5 Å². The van der Waals surface area contributed by atoms with Crippen molar-refractivity contribution in [3.63, 3.8) is 0 Å². The maximum absolute atomic E-state index is 12.7. The van der Waals surface area contributed by atoms with Gasteiger partial charge in [0.1, 0.15) is 0 Å². The fraction of sp³-hybridized carbons (Fsp3) is 0.211. The first-order valence-corrected chi connectivity index (χ1v) is 9.02. The molecule has 2 aromatic rings. The molecule has 0 unspecified atom stereocenters. The highest BCUT2D eigenvalue weighted by Gasteiger charge is 2.39. The van der Waals surface area contributed by atoms with Gasteiger partial charge in [0.05, 0.1) is 18.2 Å². The molecule has 0 saturated carbocycles. The van der Waals surface area contributed by atoms with E-state index in [-0.39, 0.29) is 24.1 Å². The van der Waals surface area contributed by atoms with E-state index in [1.807, 2.05) is 0 Å². The fourth-order valence-corrected chi connectivity index (χ4v) is 3.33. The first-order chi connectivity index (χ1) is 12.8. The normalized spacial score (nSPS) is 16.7. The molecule has 0 aliphatic carbocycles. The lowest BCUT2D eigenvalue weighted by Crippen LogP contribution is -2.38. The van der Waals surface area contributed by atoms with E-state index in [1.165, 1.54) is 6.92 Å². The number of benzene rings is 2. The number of rotatable bonds is 5. The van der Waals surface area contributed by atoms with Gasteiger partial charge >= 0.3 is 0 Å². The lowest BCUT2D eigenvalue weighted by molar-refractivity contribution is -0.121. The van der Waals surface area contributed by atoms with E-state index in [9.17, 15) is 14.4 Å². The minimum atomic E-state index is -0.626. The van der Waals surface area contributed by atoms with Gasteiger partial charge in [0, 0.05) is 29.2 Å². The molecule has 8 heteroatoms. The van der Waals surface area contributed by atoms with E-state index in [0.29, 0.717) is 28.0 Å². The molecule has 1 fully saturated rings. The van der Waals surface area contributed by atoms with Crippen LogP contribution in [-0.2, 0) is 20.9 Å². The summed E-state index contributed by atoms with van der Waals surface area (Å²) in [4.78, 5) is 37.2. The molecular formula is C19H17Cl2N3O3. The predicted octanol–water partition coefficient (Wildman–Crippen LogP) is 3.37. The molecule has 1 aliphatic heterocycles. The highest BCUT2D eigenvalue weighted by Crippen LogP contribution is 2.26. The monoisotopic (exact) mass is 405 g/mol. The van der Waals surface area contributed by atoms with Gasteiger partial charge in [-0.15, -0.1) is 0 Å². The quantitative estimate of drug-likeness (QED) is 0.747. The molecular weight excluding hydrogens is 389 g/mol. The highest BCUT2D eigenvalue weighted by atomic mass is 35.5. The summed E-state index contributed by atoms with van der Waals surface area (Å²) in [5.41, 5.74) is 1.85. The minimum absolute atomic E-state index is 0.0670. The van der Waals surface area contributed by atoms with E-state index < -0.39 is 6.04 Å². The van der Waals surface area contributed by atoms with Crippen molar-refractivity contribution in [3.05, 3.63) is 58.1 Å². The Kier molecular flexibility index (Phi) is 5.79. The molecule has 0 radical (unpaired) electrons. The molecule has 1 aliphatic rings. The number of hydrogen-bond donors (Lipinski definition) is 2. The Morgan fingerprint density at radius 1 is 1.15 bits per heavy atom. The van der Waals surface area contributed by atoms with E-state index in [2.05, 4.69) is 10.6 Å². The van der Waals surface area contributed by atoms with Crippen LogP contribution in [0.25, 0.3) is 0 Å². The van der Waals surface area contributed by atoms with Gasteiger partial charge in [0.25, 0.3) is 5.91 Å². The summed E-state index contributed by atoms with van der Waals surface area (Å²) in [6.07, 6.45) is 0.0670. The molecule has 3 rings (SSSR count). The van der Waals surface area contributed by atoms with Crippen molar-refractivity contribution in [1.82, 2.24) is 5.32 Å². The van der Waals surface area contributed by atoms with Gasteiger partial charge in [-0.05, 0) is 42.0 Å². The summed E-state index contributed by atoms with van der Waals surface area (Å²) in [6.45, 7) is 1.75. The van der Waals surface area contributed by atoms with Crippen molar-refractivity contribution in [2.75, 3.05) is 10.2 Å². The van der Waals surface area contributed by atoms with Crippen LogP contribution in [0.15, 0.2) is 42.5 Å². The van der Waals surface area contributed by atoms with Crippen LogP contribution in [0, 0.1) is 0 Å². The average Bonchev–Trinajstić information content (AvgIpc) is 2.88. The van der Waals surface area contributed by atoms with Crippen molar-refractivity contribution >= 4 is 52.3 Å². The molecule has 1 saturated heterocycles. The number of amides is 3. The van der Waals surface area contributed by atoms with Crippen LogP contribution in [-0.4, -0.2) is 23.8 Å². The van der Waals surface area contributed by atoms with Crippen molar-refractivity contribution in [2.45, 2.75) is 25.9 Å². The number of anilines is 2. The summed E-state index contributed by atoms with van der Waals surface area (Å²) < 4.78 is 0. The Morgan fingerprint density at radius 2 is 1.85 bits per heavy atom. The van der Waals surface area contributed by atoms with Crippen LogP contribution in [0.1, 0.15) is 18.9 Å². The number of hydrogen-bond acceptors (Lipinski definition) is 4. The zero-order chi connectivity index (χ0) is 19.6. The second-order valence-corrected chi connectivity index (χ2v) is 7.01. The van der Waals surface area contributed by atoms with Crippen LogP contribution in [0.5, 0.6) is 0 Å². The van der Waals surface area contributed by atoms with Gasteiger partial charge < -0.3 is 10.6 Å². The van der Waals surface area contributed by atoms with Gasteiger partial charge in [0.2, 0.25) is 11.8 Å². The summed E-state index contributed by atoms with van der Waals surface area (Å²) in [5.74, 6) is -0.800. The smallest absolute Gasteiger partial charge is 0.251 e. The summed E-state index contributed by atoms with van der Waals surface area (Å²) >= 11 is 12.0. The van der Waals surface area contributed by atoms with E-state index in [0.717, 1.165) is 10.5 Å². The minimum Gasteiger partial charge on any atom is -0.326 e. The number of carbonyl (C=O) groups is 3. The van der Waals surface area contributed by atoms with Gasteiger partial charge in [-0.1, -0.05) is 29.3 Å². The van der Waals surface area contributed by atoms with Crippen LogP contribution >= 0.6 is 23.2 Å². The Bertz CT molecular complexity index is 900. The van der Waals surface area contributed by atoms with Gasteiger partial charge in [-0.25, -0.2) is 4.90 Å². The topological polar surface area (TPSA) is 78.5 Å². The van der Waals surface area contributed by atoms with Crippen molar-refractivity contribution in [1.29, 1.82) is 0 Å². The first-order valence-electron chi connectivity index (χ1n) is 8.27. The number of nitrogens with one attached hydrogen (secondary N) is 2. The van der Waals surface area contributed by atoms with Crippen LogP contribution in [0.2, 0.25) is 10.0 Å². The van der Waals surface area contributed by atoms with E-state index >= 15 is 0 Å². The lowest BCUT2D eigenvalue weighted by Gasteiger charge is -2.16. The zero-order valence-electron chi connectivity index (χ0n) is 14.5. The maximum Gasteiger partial charge on any atom is 0.251 e. The Hall–Kier alpha value is -2.41. The standard InChI is InChI=1S/C19H17Cl2N3O3/c1-11(25)23-14-4-6-15(7-5-14)24-18(26)9-17(19(24)27)22-10-12-2-3-13(20)8-16(12)21/h2-8,17,22H,9-10H2,1H3,(H,23,25)/t17-/m0/s1. The third kappa shape index (κ3) is 4.47. The molecule has 0 aromatic heterocycles. The molecule has 0 bridgehead atoms. The largest absolute Gasteiger partial charge is 0.326 e. The Balaban J connectivity index is 1.68. The number of nitrogens with zero attached hydrogens (tertiary/aromatic N) is 1. The third-order valence-electron chi connectivity index (χ3n) is 4.15. The summed E-state index contributed by atoms with van der Waals surface area (Å²) in [7, 11) is 0. The maximum atomic E-state index is 12.7. The number of halogens is 2. The predicted molar refractivity (Wildman–Crippen MR) is 105 cm³/mol. The lowest BCUT2D eigenvalue weighted by atomic mass is 10.2. The fourth-order valence-electron chi connectivity index (χ4n) is 2.86. The van der Waals surface area contributed by atoms with Crippen LogP contribution in [0.4, 0.5) is 11.4 Å². The third-order valence-corrected chi connectivity index (χ3v) is 4.73. The second kappa shape index (κ2) is 8.08. The average molecular weight is 406 g/mol. The van der Waals surface area contributed by atoms with Crippen LogP contribution < -0.4 is 15.5 Å². The molecule has 1 atom stereocenters. The van der Waals surface area contributed by atoms with Gasteiger partial charge in [0.15, 0.2) is 0 Å². The van der Waals surface area contributed by atoms with Gasteiger partial charge in [-0.2, -0.15) is 0 Å². The Morgan fingerprint density at radius 3 is 2.48 bits per heavy atom. The molecule has 1 heterocycles. The van der Waals surface area contributed by atoms with E-state index in [4.69, 9.17) is 23.2 Å².